The van der Waals surface area contributed by atoms with Crippen molar-refractivity contribution < 1.29 is 13.9 Å². The van der Waals surface area contributed by atoms with Crippen molar-refractivity contribution in [2.24, 2.45) is 0 Å². The van der Waals surface area contributed by atoms with Gasteiger partial charge >= 0.3 is 0 Å². The van der Waals surface area contributed by atoms with Crippen LogP contribution in [0.3, 0.4) is 0 Å². The Bertz CT molecular complexity index is 318. The second kappa shape index (κ2) is 6.55. The smallest absolute Gasteiger partial charge is 0.263 e. The third kappa shape index (κ3) is 3.54. The Kier molecular flexibility index (Phi) is 5.35. The zero-order valence-electron chi connectivity index (χ0n) is 9.29. The van der Waals surface area contributed by atoms with Gasteiger partial charge in [0.2, 0.25) is 0 Å². The molecule has 1 rings (SSSR count). The predicted octanol–water partition coefficient (Wildman–Crippen LogP) is 2.66. The molecule has 0 spiro atoms. The molecule has 2 nitrogen and oxygen atoms in total. The standard InChI is InChI=1S/C12H17F2NO/c1-2-6-15-11(8-16)9-4-3-5-10(7-9)12(13)14/h3-5,7,11-12,15-16H,2,6,8H2,1H3. The number of aliphatic hydroxyl groups excluding tert-OH is 1. The van der Waals surface area contributed by atoms with E-state index in [1.807, 2.05) is 6.92 Å². The number of rotatable bonds is 6. The Morgan fingerprint density at radius 1 is 1.31 bits per heavy atom. The van der Waals surface area contributed by atoms with Crippen LogP contribution < -0.4 is 5.32 Å². The van der Waals surface area contributed by atoms with Gasteiger partial charge in [-0.15, -0.1) is 0 Å². The normalized spacial score (nSPS) is 13.1. The summed E-state index contributed by atoms with van der Waals surface area (Å²) in [6, 6.07) is 5.90. The van der Waals surface area contributed by atoms with Crippen LogP contribution in [0.5, 0.6) is 0 Å². The van der Waals surface area contributed by atoms with Crippen LogP contribution in [-0.2, 0) is 0 Å². The molecule has 0 aliphatic rings. The van der Waals surface area contributed by atoms with Crippen LogP contribution in [0.15, 0.2) is 24.3 Å². The fourth-order valence-electron chi connectivity index (χ4n) is 1.52. The van der Waals surface area contributed by atoms with Crippen molar-refractivity contribution in [1.82, 2.24) is 5.32 Å². The van der Waals surface area contributed by atoms with Gasteiger partial charge in [-0.3, -0.25) is 0 Å². The molecular weight excluding hydrogens is 212 g/mol. The van der Waals surface area contributed by atoms with Crippen LogP contribution in [0.1, 0.15) is 36.9 Å². The summed E-state index contributed by atoms with van der Waals surface area (Å²) in [5.41, 5.74) is 0.697. The Morgan fingerprint density at radius 3 is 2.56 bits per heavy atom. The number of alkyl halides is 2. The maximum Gasteiger partial charge on any atom is 0.263 e. The number of benzene rings is 1. The van der Waals surface area contributed by atoms with E-state index < -0.39 is 6.43 Å². The van der Waals surface area contributed by atoms with E-state index in [1.54, 1.807) is 12.1 Å². The molecule has 0 heterocycles. The van der Waals surface area contributed by atoms with Crippen molar-refractivity contribution in [2.45, 2.75) is 25.8 Å². The zero-order valence-corrected chi connectivity index (χ0v) is 9.29. The van der Waals surface area contributed by atoms with Gasteiger partial charge in [0.05, 0.1) is 12.6 Å². The number of hydrogen-bond donors (Lipinski definition) is 2. The first-order valence-corrected chi connectivity index (χ1v) is 5.41. The zero-order chi connectivity index (χ0) is 12.0. The highest BCUT2D eigenvalue weighted by Crippen LogP contribution is 2.22. The third-order valence-corrected chi connectivity index (χ3v) is 2.39. The predicted molar refractivity (Wildman–Crippen MR) is 59.5 cm³/mol. The fourth-order valence-corrected chi connectivity index (χ4v) is 1.52. The first kappa shape index (κ1) is 13.1. The highest BCUT2D eigenvalue weighted by atomic mass is 19.3. The summed E-state index contributed by atoms with van der Waals surface area (Å²) in [6.45, 7) is 2.67. The average molecular weight is 229 g/mol. The first-order chi connectivity index (χ1) is 7.69. The van der Waals surface area contributed by atoms with Gasteiger partial charge in [-0.1, -0.05) is 25.1 Å². The van der Waals surface area contributed by atoms with Crippen molar-refractivity contribution in [2.75, 3.05) is 13.2 Å². The van der Waals surface area contributed by atoms with Crippen LogP contribution in [-0.4, -0.2) is 18.3 Å². The van der Waals surface area contributed by atoms with Gasteiger partial charge in [0.15, 0.2) is 0 Å². The molecule has 0 saturated heterocycles. The lowest BCUT2D eigenvalue weighted by Gasteiger charge is -2.17. The molecule has 1 unspecified atom stereocenters. The summed E-state index contributed by atoms with van der Waals surface area (Å²) in [7, 11) is 0. The molecule has 0 aromatic heterocycles. The molecule has 90 valence electrons. The monoisotopic (exact) mass is 229 g/mol. The molecular formula is C12H17F2NO. The van der Waals surface area contributed by atoms with Gasteiger partial charge in [-0.25, -0.2) is 8.78 Å². The van der Waals surface area contributed by atoms with Gasteiger partial charge in [-0.05, 0) is 24.6 Å². The third-order valence-electron chi connectivity index (χ3n) is 2.39. The minimum Gasteiger partial charge on any atom is -0.394 e. The van der Waals surface area contributed by atoms with E-state index >= 15 is 0 Å². The summed E-state index contributed by atoms with van der Waals surface area (Å²) in [6.07, 6.45) is -1.53. The van der Waals surface area contributed by atoms with Crippen LogP contribution in [0, 0.1) is 0 Å². The summed E-state index contributed by atoms with van der Waals surface area (Å²) < 4.78 is 25.0. The van der Waals surface area contributed by atoms with E-state index in [4.69, 9.17) is 0 Å². The molecule has 0 aliphatic carbocycles. The van der Waals surface area contributed by atoms with Gasteiger partial charge < -0.3 is 10.4 Å². The average Bonchev–Trinajstić information content (AvgIpc) is 2.30. The maximum atomic E-state index is 12.5. The molecule has 0 bridgehead atoms. The van der Waals surface area contributed by atoms with Crippen LogP contribution in [0.25, 0.3) is 0 Å². The summed E-state index contributed by atoms with van der Waals surface area (Å²) in [5.74, 6) is 0. The molecule has 0 amide bonds. The fraction of sp³-hybridized carbons (Fsp3) is 0.500. The Morgan fingerprint density at radius 2 is 2.00 bits per heavy atom. The Labute approximate surface area is 94.3 Å². The van der Waals surface area contributed by atoms with Crippen molar-refractivity contribution in [1.29, 1.82) is 0 Å². The molecule has 1 atom stereocenters. The molecule has 0 saturated carbocycles. The summed E-state index contributed by atoms with van der Waals surface area (Å²) >= 11 is 0. The summed E-state index contributed by atoms with van der Waals surface area (Å²) in [4.78, 5) is 0. The minimum absolute atomic E-state index is 0.00533. The Balaban J connectivity index is 2.79. The van der Waals surface area contributed by atoms with E-state index in [0.29, 0.717) is 5.56 Å². The van der Waals surface area contributed by atoms with Crippen molar-refractivity contribution in [3.8, 4) is 0 Å². The van der Waals surface area contributed by atoms with Crippen LogP contribution >= 0.6 is 0 Å². The lowest BCUT2D eigenvalue weighted by molar-refractivity contribution is 0.151. The topological polar surface area (TPSA) is 32.3 Å². The molecule has 1 aromatic carbocycles. The molecule has 0 aliphatic heterocycles. The first-order valence-electron chi connectivity index (χ1n) is 5.41. The number of nitrogens with one attached hydrogen (secondary N) is 1. The van der Waals surface area contributed by atoms with Crippen molar-refractivity contribution >= 4 is 0 Å². The lowest BCUT2D eigenvalue weighted by Crippen LogP contribution is -2.25. The van der Waals surface area contributed by atoms with Gasteiger partial charge in [0.25, 0.3) is 6.43 Å². The molecule has 2 N–H and O–H groups in total. The van der Waals surface area contributed by atoms with Crippen LogP contribution in [0.2, 0.25) is 0 Å². The number of halogens is 2. The highest BCUT2D eigenvalue weighted by Gasteiger charge is 2.12. The Hall–Kier alpha value is -1.00. The quantitative estimate of drug-likeness (QED) is 0.786. The number of aliphatic hydroxyl groups is 1. The van der Waals surface area contributed by atoms with Gasteiger partial charge in [-0.2, -0.15) is 0 Å². The molecule has 4 heteroatoms. The number of hydrogen-bond acceptors (Lipinski definition) is 2. The van der Waals surface area contributed by atoms with E-state index in [-0.39, 0.29) is 18.2 Å². The minimum atomic E-state index is -2.47. The van der Waals surface area contributed by atoms with Crippen molar-refractivity contribution in [3.63, 3.8) is 0 Å². The second-order valence-electron chi connectivity index (χ2n) is 3.66. The van der Waals surface area contributed by atoms with E-state index in [2.05, 4.69) is 5.32 Å². The van der Waals surface area contributed by atoms with E-state index in [9.17, 15) is 13.9 Å². The maximum absolute atomic E-state index is 12.5. The van der Waals surface area contributed by atoms with E-state index in [1.165, 1.54) is 12.1 Å². The molecule has 0 radical (unpaired) electrons. The largest absolute Gasteiger partial charge is 0.394 e. The van der Waals surface area contributed by atoms with Crippen molar-refractivity contribution in [3.05, 3.63) is 35.4 Å². The molecule has 16 heavy (non-hydrogen) atoms. The van der Waals surface area contributed by atoms with Gasteiger partial charge in [0, 0.05) is 5.56 Å². The molecule has 0 fully saturated rings. The van der Waals surface area contributed by atoms with Crippen LogP contribution in [0.4, 0.5) is 8.78 Å². The van der Waals surface area contributed by atoms with Gasteiger partial charge in [0.1, 0.15) is 0 Å². The van der Waals surface area contributed by atoms with E-state index in [0.717, 1.165) is 13.0 Å². The summed E-state index contributed by atoms with van der Waals surface area (Å²) in [5, 5.41) is 12.3. The lowest BCUT2D eigenvalue weighted by atomic mass is 10.0. The highest BCUT2D eigenvalue weighted by molar-refractivity contribution is 5.26. The molecule has 1 aromatic rings. The SMILES string of the molecule is CCCNC(CO)c1cccc(C(F)F)c1. The second-order valence-corrected chi connectivity index (χ2v) is 3.66.